The van der Waals surface area contributed by atoms with Crippen molar-refractivity contribution in [3.63, 3.8) is 0 Å². The van der Waals surface area contributed by atoms with Gasteiger partial charge in [-0.05, 0) is 17.7 Å². The molecule has 0 aliphatic heterocycles. The predicted octanol–water partition coefficient (Wildman–Crippen LogP) is 0.106. The Labute approximate surface area is 80.5 Å². The molecule has 0 aliphatic carbocycles. The summed E-state index contributed by atoms with van der Waals surface area (Å²) in [5.74, 6) is -1.53. The highest BCUT2D eigenvalue weighted by atomic mass is 19.1. The third-order valence-corrected chi connectivity index (χ3v) is 1.64. The molecule has 0 atom stereocenters. The number of hydrogen-bond donors (Lipinski definition) is 3. The minimum atomic E-state index is -0.677. The molecule has 1 amide bonds. The lowest BCUT2D eigenvalue weighted by Gasteiger charge is -2.03. The normalized spacial score (nSPS) is 10.1. The SMILES string of the molecule is NC(=O)CNCc1ccc(O)c(F)c1. The van der Waals surface area contributed by atoms with E-state index in [1.807, 2.05) is 0 Å². The first-order valence-corrected chi connectivity index (χ1v) is 4.06. The summed E-state index contributed by atoms with van der Waals surface area (Å²) in [5, 5.41) is 11.6. The van der Waals surface area contributed by atoms with Gasteiger partial charge in [0.05, 0.1) is 6.54 Å². The van der Waals surface area contributed by atoms with Crippen molar-refractivity contribution in [2.45, 2.75) is 6.54 Å². The molecule has 0 aromatic heterocycles. The number of nitrogens with two attached hydrogens (primary N) is 1. The third kappa shape index (κ3) is 3.02. The second kappa shape index (κ2) is 4.57. The van der Waals surface area contributed by atoms with Crippen molar-refractivity contribution in [1.82, 2.24) is 5.32 Å². The van der Waals surface area contributed by atoms with Crippen LogP contribution in [0, 0.1) is 5.82 Å². The molecular weight excluding hydrogens is 187 g/mol. The van der Waals surface area contributed by atoms with Crippen molar-refractivity contribution < 1.29 is 14.3 Å². The lowest BCUT2D eigenvalue weighted by Crippen LogP contribution is -2.28. The summed E-state index contributed by atoms with van der Waals surface area (Å²) in [6.45, 7) is 0.378. The number of primary amides is 1. The van der Waals surface area contributed by atoms with E-state index in [1.165, 1.54) is 12.1 Å². The van der Waals surface area contributed by atoms with Gasteiger partial charge in [0, 0.05) is 6.54 Å². The lowest BCUT2D eigenvalue weighted by atomic mass is 10.2. The maximum Gasteiger partial charge on any atom is 0.231 e. The van der Waals surface area contributed by atoms with Gasteiger partial charge in [-0.2, -0.15) is 0 Å². The molecule has 1 rings (SSSR count). The van der Waals surface area contributed by atoms with Crippen LogP contribution in [0.25, 0.3) is 0 Å². The van der Waals surface area contributed by atoms with Crippen molar-refractivity contribution >= 4 is 5.91 Å². The number of aromatic hydroxyl groups is 1. The standard InChI is InChI=1S/C9H11FN2O2/c10-7-3-6(1-2-8(7)13)4-12-5-9(11)14/h1-3,12-13H,4-5H2,(H2,11,14). The fourth-order valence-electron chi connectivity index (χ4n) is 0.990. The highest BCUT2D eigenvalue weighted by molar-refractivity contribution is 5.75. The fourth-order valence-corrected chi connectivity index (χ4v) is 0.990. The largest absolute Gasteiger partial charge is 0.505 e. The fraction of sp³-hybridized carbons (Fsp3) is 0.222. The van der Waals surface area contributed by atoms with Crippen molar-refractivity contribution in [2.75, 3.05) is 6.54 Å². The zero-order chi connectivity index (χ0) is 10.6. The van der Waals surface area contributed by atoms with Crippen LogP contribution in [0.2, 0.25) is 0 Å². The number of carbonyl (C=O) groups excluding carboxylic acids is 1. The minimum Gasteiger partial charge on any atom is -0.505 e. The molecule has 0 spiro atoms. The first-order valence-electron chi connectivity index (χ1n) is 4.06. The molecule has 1 aromatic carbocycles. The zero-order valence-corrected chi connectivity index (χ0v) is 7.46. The van der Waals surface area contributed by atoms with Gasteiger partial charge >= 0.3 is 0 Å². The molecule has 0 radical (unpaired) electrons. The van der Waals surface area contributed by atoms with E-state index in [-0.39, 0.29) is 12.3 Å². The number of amides is 1. The number of phenolic OH excluding ortho intramolecular Hbond substituents is 1. The summed E-state index contributed by atoms with van der Waals surface area (Å²) >= 11 is 0. The molecule has 4 N–H and O–H groups in total. The number of benzene rings is 1. The number of carbonyl (C=O) groups is 1. The van der Waals surface area contributed by atoms with Gasteiger partial charge in [-0.1, -0.05) is 6.07 Å². The first-order chi connectivity index (χ1) is 6.59. The van der Waals surface area contributed by atoms with Gasteiger partial charge in [-0.25, -0.2) is 4.39 Å². The molecule has 0 heterocycles. The highest BCUT2D eigenvalue weighted by Gasteiger charge is 2.01. The zero-order valence-electron chi connectivity index (χ0n) is 7.46. The van der Waals surface area contributed by atoms with E-state index in [1.54, 1.807) is 6.07 Å². The summed E-state index contributed by atoms with van der Waals surface area (Å²) in [7, 11) is 0. The van der Waals surface area contributed by atoms with Crippen LogP contribution in [-0.4, -0.2) is 17.6 Å². The molecule has 0 bridgehead atoms. The van der Waals surface area contributed by atoms with Crippen LogP contribution < -0.4 is 11.1 Å². The topological polar surface area (TPSA) is 75.4 Å². The molecule has 0 unspecified atom stereocenters. The monoisotopic (exact) mass is 198 g/mol. The van der Waals surface area contributed by atoms with Crippen molar-refractivity contribution in [3.05, 3.63) is 29.6 Å². The van der Waals surface area contributed by atoms with E-state index < -0.39 is 11.7 Å². The van der Waals surface area contributed by atoms with E-state index in [9.17, 15) is 9.18 Å². The summed E-state index contributed by atoms with van der Waals surface area (Å²) in [4.78, 5) is 10.4. The Hall–Kier alpha value is -1.62. The molecular formula is C9H11FN2O2. The Morgan fingerprint density at radius 2 is 2.29 bits per heavy atom. The van der Waals surface area contributed by atoms with Gasteiger partial charge < -0.3 is 16.2 Å². The molecule has 5 heteroatoms. The van der Waals surface area contributed by atoms with Crippen molar-refractivity contribution in [1.29, 1.82) is 0 Å². The molecule has 14 heavy (non-hydrogen) atoms. The second-order valence-electron chi connectivity index (χ2n) is 2.86. The molecule has 0 fully saturated rings. The van der Waals surface area contributed by atoms with Crippen molar-refractivity contribution in [2.24, 2.45) is 5.73 Å². The van der Waals surface area contributed by atoms with Crippen LogP contribution in [0.3, 0.4) is 0 Å². The average Bonchev–Trinajstić information content (AvgIpc) is 2.10. The summed E-state index contributed by atoms with van der Waals surface area (Å²) in [6, 6.07) is 4.02. The number of hydrogen-bond acceptors (Lipinski definition) is 3. The summed E-state index contributed by atoms with van der Waals surface area (Å²) < 4.78 is 12.8. The van der Waals surface area contributed by atoms with E-state index in [0.717, 1.165) is 0 Å². The van der Waals surface area contributed by atoms with Gasteiger partial charge in [0.1, 0.15) is 0 Å². The third-order valence-electron chi connectivity index (χ3n) is 1.64. The van der Waals surface area contributed by atoms with Crippen LogP contribution >= 0.6 is 0 Å². The van der Waals surface area contributed by atoms with E-state index in [4.69, 9.17) is 10.8 Å². The summed E-state index contributed by atoms with van der Waals surface area (Å²) in [6.07, 6.45) is 0. The molecule has 76 valence electrons. The second-order valence-corrected chi connectivity index (χ2v) is 2.86. The molecule has 4 nitrogen and oxygen atoms in total. The van der Waals surface area contributed by atoms with Crippen LogP contribution in [0.15, 0.2) is 18.2 Å². The lowest BCUT2D eigenvalue weighted by molar-refractivity contribution is -0.117. The number of halogens is 1. The Morgan fingerprint density at radius 1 is 1.57 bits per heavy atom. The van der Waals surface area contributed by atoms with E-state index in [0.29, 0.717) is 12.1 Å². The number of rotatable bonds is 4. The van der Waals surface area contributed by atoms with Gasteiger partial charge in [-0.15, -0.1) is 0 Å². The van der Waals surface area contributed by atoms with Crippen LogP contribution in [0.1, 0.15) is 5.56 Å². The van der Waals surface area contributed by atoms with Gasteiger partial charge in [0.2, 0.25) is 5.91 Å². The van der Waals surface area contributed by atoms with Crippen molar-refractivity contribution in [3.8, 4) is 5.75 Å². The quantitative estimate of drug-likeness (QED) is 0.642. The van der Waals surface area contributed by atoms with Crippen LogP contribution in [0.4, 0.5) is 4.39 Å². The van der Waals surface area contributed by atoms with Gasteiger partial charge in [0.25, 0.3) is 0 Å². The Kier molecular flexibility index (Phi) is 3.41. The summed E-state index contributed by atoms with van der Waals surface area (Å²) in [5.41, 5.74) is 5.54. The number of phenols is 1. The van der Waals surface area contributed by atoms with E-state index >= 15 is 0 Å². The maximum atomic E-state index is 12.8. The molecule has 0 saturated carbocycles. The molecule has 0 saturated heterocycles. The average molecular weight is 198 g/mol. The van der Waals surface area contributed by atoms with Crippen LogP contribution in [0.5, 0.6) is 5.75 Å². The Bertz CT molecular complexity index is 342. The number of nitrogens with one attached hydrogen (secondary N) is 1. The minimum absolute atomic E-state index is 0.0441. The smallest absolute Gasteiger partial charge is 0.231 e. The van der Waals surface area contributed by atoms with Crippen LogP contribution in [-0.2, 0) is 11.3 Å². The van der Waals surface area contributed by atoms with E-state index in [2.05, 4.69) is 5.32 Å². The first kappa shape index (κ1) is 10.5. The molecule has 1 aromatic rings. The maximum absolute atomic E-state index is 12.8. The Morgan fingerprint density at radius 3 is 2.86 bits per heavy atom. The predicted molar refractivity (Wildman–Crippen MR) is 49.0 cm³/mol. The van der Waals surface area contributed by atoms with Gasteiger partial charge in [-0.3, -0.25) is 4.79 Å². The molecule has 0 aliphatic rings. The Balaban J connectivity index is 2.51. The van der Waals surface area contributed by atoms with Gasteiger partial charge in [0.15, 0.2) is 11.6 Å². The highest BCUT2D eigenvalue weighted by Crippen LogP contribution is 2.15.